The second kappa shape index (κ2) is 8.41. The number of carbonyl (C=O) groups is 2. The number of hydrogen-bond donors (Lipinski definition) is 1. The largest absolute Gasteiger partial charge is 0.339 e. The molecule has 1 saturated heterocycles. The lowest BCUT2D eigenvalue weighted by atomic mass is 10.1. The number of imidazole rings is 1. The highest BCUT2D eigenvalue weighted by Gasteiger charge is 2.21. The third kappa shape index (κ3) is 4.26. The normalized spacial score (nSPS) is 13.6. The van der Waals surface area contributed by atoms with Crippen molar-refractivity contribution in [2.45, 2.75) is 33.2 Å². The number of nitrogens with one attached hydrogen (secondary N) is 1. The fourth-order valence-electron chi connectivity index (χ4n) is 4.08. The third-order valence-electron chi connectivity index (χ3n) is 5.96. The van der Waals surface area contributed by atoms with Gasteiger partial charge in [0.25, 0.3) is 5.91 Å². The number of benzene rings is 2. The first-order valence-corrected chi connectivity index (χ1v) is 10.7. The number of amides is 3. The van der Waals surface area contributed by atoms with Gasteiger partial charge in [0, 0.05) is 38.4 Å². The van der Waals surface area contributed by atoms with Crippen molar-refractivity contribution < 1.29 is 9.59 Å². The van der Waals surface area contributed by atoms with Crippen LogP contribution in [0.1, 0.15) is 40.2 Å². The van der Waals surface area contributed by atoms with E-state index in [2.05, 4.69) is 5.32 Å². The predicted octanol–water partition coefficient (Wildman–Crippen LogP) is 4.09. The maximum atomic E-state index is 12.7. The fraction of sp³-hybridized carbons (Fsp3) is 0.375. The van der Waals surface area contributed by atoms with E-state index in [-0.39, 0.29) is 11.9 Å². The van der Waals surface area contributed by atoms with Crippen molar-refractivity contribution in [2.24, 2.45) is 7.05 Å². The quantitative estimate of drug-likeness (QED) is 0.692. The molecule has 0 radical (unpaired) electrons. The molecule has 0 atom stereocenters. The Morgan fingerprint density at radius 2 is 1.84 bits per heavy atom. The molecule has 31 heavy (non-hydrogen) atoms. The molecule has 1 aromatic heterocycles. The van der Waals surface area contributed by atoms with Crippen molar-refractivity contribution >= 4 is 28.7 Å². The van der Waals surface area contributed by atoms with Crippen molar-refractivity contribution in [1.29, 1.82) is 0 Å². The molecule has 0 aliphatic carbocycles. The van der Waals surface area contributed by atoms with E-state index in [1.54, 1.807) is 11.9 Å². The summed E-state index contributed by atoms with van der Waals surface area (Å²) in [6, 6.07) is 11.4. The minimum absolute atomic E-state index is 0.0663. The first-order valence-electron chi connectivity index (χ1n) is 10.7. The summed E-state index contributed by atoms with van der Waals surface area (Å²) in [7, 11) is 3.68. The van der Waals surface area contributed by atoms with Gasteiger partial charge >= 0.3 is 6.03 Å². The maximum absolute atomic E-state index is 12.7. The predicted molar refractivity (Wildman–Crippen MR) is 122 cm³/mol. The van der Waals surface area contributed by atoms with Crippen LogP contribution in [0, 0.1) is 13.8 Å². The molecular formula is C24H29N5O2. The fourth-order valence-corrected chi connectivity index (χ4v) is 4.08. The van der Waals surface area contributed by atoms with Crippen LogP contribution in [0.3, 0.4) is 0 Å². The summed E-state index contributed by atoms with van der Waals surface area (Å²) in [5, 5.41) is 2.97. The number of urea groups is 1. The zero-order valence-corrected chi connectivity index (χ0v) is 18.6. The molecule has 0 spiro atoms. The van der Waals surface area contributed by atoms with Crippen LogP contribution in [-0.4, -0.2) is 51.4 Å². The number of anilines is 1. The highest BCUT2D eigenvalue weighted by molar-refractivity contribution is 5.97. The monoisotopic (exact) mass is 419 g/mol. The van der Waals surface area contributed by atoms with Crippen molar-refractivity contribution in [2.75, 3.05) is 25.5 Å². The van der Waals surface area contributed by atoms with E-state index in [4.69, 9.17) is 4.98 Å². The molecule has 7 heteroatoms. The lowest BCUT2D eigenvalue weighted by Gasteiger charge is -2.18. The number of likely N-dealkylation sites (tertiary alicyclic amines) is 1. The van der Waals surface area contributed by atoms with Gasteiger partial charge in [-0.3, -0.25) is 4.79 Å². The molecule has 1 fully saturated rings. The van der Waals surface area contributed by atoms with Crippen LogP contribution in [-0.2, 0) is 13.6 Å². The zero-order chi connectivity index (χ0) is 22.1. The smallest absolute Gasteiger partial charge is 0.321 e. The summed E-state index contributed by atoms with van der Waals surface area (Å²) in [6.07, 6.45) is 2.14. The number of aryl methyl sites for hydroxylation is 3. The molecule has 1 aliphatic rings. The highest BCUT2D eigenvalue weighted by atomic mass is 16.2. The lowest BCUT2D eigenvalue weighted by molar-refractivity contribution is 0.0793. The highest BCUT2D eigenvalue weighted by Crippen LogP contribution is 2.21. The molecule has 7 nitrogen and oxygen atoms in total. The molecule has 0 saturated carbocycles. The van der Waals surface area contributed by atoms with Gasteiger partial charge < -0.3 is 19.7 Å². The van der Waals surface area contributed by atoms with Crippen LogP contribution in [0.15, 0.2) is 36.4 Å². The maximum Gasteiger partial charge on any atom is 0.321 e. The Labute approximate surface area is 182 Å². The van der Waals surface area contributed by atoms with Gasteiger partial charge in [0.15, 0.2) is 0 Å². The number of aromatic nitrogens is 2. The number of carbonyl (C=O) groups excluding carboxylic acids is 2. The summed E-state index contributed by atoms with van der Waals surface area (Å²) in [4.78, 5) is 33.6. The SMILES string of the molecule is Cc1ccc(NC(=O)N(C)Cc2nc3cc(C(=O)N4CCCC4)ccc3n2C)c(C)c1. The van der Waals surface area contributed by atoms with E-state index in [0.717, 1.165) is 59.6 Å². The van der Waals surface area contributed by atoms with Crippen molar-refractivity contribution in [3.63, 3.8) is 0 Å². The summed E-state index contributed by atoms with van der Waals surface area (Å²) in [5.74, 6) is 0.829. The Morgan fingerprint density at radius 1 is 1.10 bits per heavy atom. The molecule has 0 unspecified atom stereocenters. The molecule has 1 N–H and O–H groups in total. The standard InChI is InChI=1S/C24H29N5O2/c1-16-7-9-19(17(2)13-16)26-24(31)27(3)15-22-25-20-14-18(8-10-21(20)28(22)4)23(30)29-11-5-6-12-29/h7-10,13-14H,5-6,11-12,15H2,1-4H3,(H,26,31). The average molecular weight is 420 g/mol. The molecule has 3 amide bonds. The van der Waals surface area contributed by atoms with Crippen molar-refractivity contribution in [3.8, 4) is 0 Å². The van der Waals surface area contributed by atoms with E-state index < -0.39 is 0 Å². The summed E-state index contributed by atoms with van der Waals surface area (Å²) < 4.78 is 1.97. The lowest BCUT2D eigenvalue weighted by Crippen LogP contribution is -2.32. The van der Waals surface area contributed by atoms with Crippen LogP contribution >= 0.6 is 0 Å². The second-order valence-corrected chi connectivity index (χ2v) is 8.39. The van der Waals surface area contributed by atoms with Gasteiger partial charge in [-0.05, 0) is 56.5 Å². The van der Waals surface area contributed by atoms with Gasteiger partial charge in [-0.2, -0.15) is 0 Å². The van der Waals surface area contributed by atoms with Gasteiger partial charge in [-0.15, -0.1) is 0 Å². The van der Waals surface area contributed by atoms with Crippen molar-refractivity contribution in [3.05, 3.63) is 58.9 Å². The zero-order valence-electron chi connectivity index (χ0n) is 18.6. The van der Waals surface area contributed by atoms with Gasteiger partial charge in [-0.1, -0.05) is 17.7 Å². The Kier molecular flexibility index (Phi) is 5.67. The van der Waals surface area contributed by atoms with Gasteiger partial charge in [0.2, 0.25) is 0 Å². The molecule has 4 rings (SSSR count). The molecule has 3 aromatic rings. The molecule has 2 heterocycles. The van der Waals surface area contributed by atoms with Crippen LogP contribution in [0.25, 0.3) is 11.0 Å². The first kappa shape index (κ1) is 20.9. The van der Waals surface area contributed by atoms with Crippen LogP contribution in [0.2, 0.25) is 0 Å². The molecule has 2 aromatic carbocycles. The number of hydrogen-bond acceptors (Lipinski definition) is 3. The summed E-state index contributed by atoms with van der Waals surface area (Å²) >= 11 is 0. The Balaban J connectivity index is 1.50. The third-order valence-corrected chi connectivity index (χ3v) is 5.96. The molecular weight excluding hydrogens is 390 g/mol. The minimum atomic E-state index is -0.191. The van der Waals surface area contributed by atoms with Crippen LogP contribution in [0.4, 0.5) is 10.5 Å². The molecule has 162 valence electrons. The Bertz CT molecular complexity index is 1140. The molecule has 1 aliphatic heterocycles. The topological polar surface area (TPSA) is 70.5 Å². The van der Waals surface area contributed by atoms with Crippen LogP contribution < -0.4 is 5.32 Å². The Morgan fingerprint density at radius 3 is 2.55 bits per heavy atom. The molecule has 0 bridgehead atoms. The van der Waals surface area contributed by atoms with E-state index in [1.165, 1.54) is 0 Å². The number of fused-ring (bicyclic) bond motifs is 1. The van der Waals surface area contributed by atoms with Gasteiger partial charge in [0.1, 0.15) is 5.82 Å². The van der Waals surface area contributed by atoms with Crippen molar-refractivity contribution in [1.82, 2.24) is 19.4 Å². The van der Waals surface area contributed by atoms with E-state index in [1.807, 2.05) is 66.8 Å². The Hall–Kier alpha value is -3.35. The number of rotatable bonds is 4. The van der Waals surface area contributed by atoms with Crippen LogP contribution in [0.5, 0.6) is 0 Å². The minimum Gasteiger partial charge on any atom is -0.339 e. The van der Waals surface area contributed by atoms with E-state index in [9.17, 15) is 9.59 Å². The van der Waals surface area contributed by atoms with Gasteiger partial charge in [-0.25, -0.2) is 9.78 Å². The van der Waals surface area contributed by atoms with E-state index in [0.29, 0.717) is 12.1 Å². The average Bonchev–Trinajstić information content (AvgIpc) is 3.38. The summed E-state index contributed by atoms with van der Waals surface area (Å²) in [5.41, 5.74) is 5.37. The number of nitrogens with zero attached hydrogens (tertiary/aromatic N) is 4. The second-order valence-electron chi connectivity index (χ2n) is 8.39. The first-order chi connectivity index (χ1) is 14.8. The van der Waals surface area contributed by atoms with E-state index >= 15 is 0 Å². The van der Waals surface area contributed by atoms with Gasteiger partial charge in [0.05, 0.1) is 17.6 Å². The summed E-state index contributed by atoms with van der Waals surface area (Å²) in [6.45, 7) is 6.02.